The molecule has 1 heterocycles. The van der Waals surface area contributed by atoms with E-state index in [1.54, 1.807) is 24.2 Å². The molecule has 1 aromatic rings. The van der Waals surface area contributed by atoms with Gasteiger partial charge in [-0.2, -0.15) is 0 Å². The molecule has 0 spiro atoms. The first-order valence-corrected chi connectivity index (χ1v) is 5.21. The van der Waals surface area contributed by atoms with Gasteiger partial charge in [-0.25, -0.2) is 4.98 Å². The number of nitrogens with zero attached hydrogens (tertiary/aromatic N) is 2. The summed E-state index contributed by atoms with van der Waals surface area (Å²) in [6.07, 6.45) is 1.62. The van der Waals surface area contributed by atoms with Gasteiger partial charge in [0, 0.05) is 23.8 Å². The number of carbonyl (C=O) groups is 1. The molecule has 76 valence electrons. The standard InChI is InChI=1S/C10H13BrN2O/c1-7(2)13(3)10(14)9-8(11)5-4-6-12-9/h4-7H,1-3H3. The molecule has 0 aliphatic heterocycles. The monoisotopic (exact) mass is 256 g/mol. The van der Waals surface area contributed by atoms with Gasteiger partial charge in [0.1, 0.15) is 5.69 Å². The summed E-state index contributed by atoms with van der Waals surface area (Å²) in [5, 5.41) is 0. The highest BCUT2D eigenvalue weighted by Crippen LogP contribution is 2.15. The van der Waals surface area contributed by atoms with Crippen molar-refractivity contribution in [2.75, 3.05) is 7.05 Å². The third-order valence-electron chi connectivity index (χ3n) is 2.06. The number of amides is 1. The number of hydrogen-bond acceptors (Lipinski definition) is 2. The van der Waals surface area contributed by atoms with Gasteiger partial charge in [-0.15, -0.1) is 0 Å². The molecular weight excluding hydrogens is 244 g/mol. The van der Waals surface area contributed by atoms with Crippen LogP contribution >= 0.6 is 15.9 Å². The molecule has 0 atom stereocenters. The smallest absolute Gasteiger partial charge is 0.273 e. The summed E-state index contributed by atoms with van der Waals surface area (Å²) in [5.41, 5.74) is 0.462. The molecule has 4 heteroatoms. The maximum absolute atomic E-state index is 11.8. The number of carbonyl (C=O) groups excluding carboxylic acids is 1. The van der Waals surface area contributed by atoms with Crippen molar-refractivity contribution in [1.82, 2.24) is 9.88 Å². The Kier molecular flexibility index (Phi) is 3.63. The molecule has 0 aliphatic rings. The Bertz CT molecular complexity index is 339. The van der Waals surface area contributed by atoms with Gasteiger partial charge in [0.2, 0.25) is 0 Å². The first-order valence-electron chi connectivity index (χ1n) is 4.41. The quantitative estimate of drug-likeness (QED) is 0.814. The lowest BCUT2D eigenvalue weighted by atomic mass is 10.3. The molecule has 0 radical (unpaired) electrons. The molecule has 3 nitrogen and oxygen atoms in total. The van der Waals surface area contributed by atoms with Crippen LogP contribution in [0.15, 0.2) is 22.8 Å². The summed E-state index contributed by atoms with van der Waals surface area (Å²) in [6, 6.07) is 3.78. The van der Waals surface area contributed by atoms with Crippen LogP contribution in [-0.2, 0) is 0 Å². The highest BCUT2D eigenvalue weighted by Gasteiger charge is 2.17. The fourth-order valence-electron chi connectivity index (χ4n) is 0.945. The molecule has 0 saturated carbocycles. The maximum Gasteiger partial charge on any atom is 0.273 e. The van der Waals surface area contributed by atoms with E-state index in [1.807, 2.05) is 19.9 Å². The minimum Gasteiger partial charge on any atom is -0.338 e. The zero-order chi connectivity index (χ0) is 10.7. The van der Waals surface area contributed by atoms with Crippen LogP contribution in [-0.4, -0.2) is 28.9 Å². The van der Waals surface area contributed by atoms with E-state index >= 15 is 0 Å². The average Bonchev–Trinajstić information content (AvgIpc) is 2.16. The minimum absolute atomic E-state index is 0.0625. The molecule has 0 N–H and O–H groups in total. The molecule has 1 amide bonds. The van der Waals surface area contributed by atoms with Crippen molar-refractivity contribution in [3.8, 4) is 0 Å². The van der Waals surface area contributed by atoms with Crippen LogP contribution in [0.25, 0.3) is 0 Å². The van der Waals surface area contributed by atoms with E-state index in [0.717, 1.165) is 4.47 Å². The Labute approximate surface area is 92.3 Å². The van der Waals surface area contributed by atoms with Crippen LogP contribution in [0.3, 0.4) is 0 Å². The number of halogens is 1. The van der Waals surface area contributed by atoms with Crippen LogP contribution in [0.4, 0.5) is 0 Å². The summed E-state index contributed by atoms with van der Waals surface area (Å²) in [4.78, 5) is 17.5. The molecule has 0 saturated heterocycles. The van der Waals surface area contributed by atoms with Crippen LogP contribution in [0.1, 0.15) is 24.3 Å². The van der Waals surface area contributed by atoms with Gasteiger partial charge in [0.05, 0.1) is 0 Å². The molecule has 0 aromatic carbocycles. The average molecular weight is 257 g/mol. The van der Waals surface area contributed by atoms with Crippen molar-refractivity contribution in [2.24, 2.45) is 0 Å². The molecule has 1 rings (SSSR count). The second kappa shape index (κ2) is 4.55. The van der Waals surface area contributed by atoms with E-state index < -0.39 is 0 Å². The van der Waals surface area contributed by atoms with E-state index in [4.69, 9.17) is 0 Å². The van der Waals surface area contributed by atoms with Crippen molar-refractivity contribution in [1.29, 1.82) is 0 Å². The van der Waals surface area contributed by atoms with Gasteiger partial charge >= 0.3 is 0 Å². The molecule has 1 aromatic heterocycles. The lowest BCUT2D eigenvalue weighted by Crippen LogP contribution is -2.33. The molecule has 0 unspecified atom stereocenters. The summed E-state index contributed by atoms with van der Waals surface area (Å²) in [7, 11) is 1.77. The van der Waals surface area contributed by atoms with Gasteiger partial charge in [0.15, 0.2) is 0 Å². The fraction of sp³-hybridized carbons (Fsp3) is 0.400. The topological polar surface area (TPSA) is 33.2 Å². The summed E-state index contributed by atoms with van der Waals surface area (Å²) >= 11 is 3.30. The Balaban J connectivity index is 2.95. The Hall–Kier alpha value is -0.900. The second-order valence-electron chi connectivity index (χ2n) is 3.34. The lowest BCUT2D eigenvalue weighted by molar-refractivity contribution is 0.0748. The predicted octanol–water partition coefficient (Wildman–Crippen LogP) is 2.32. The van der Waals surface area contributed by atoms with Gasteiger partial charge < -0.3 is 4.90 Å². The number of hydrogen-bond donors (Lipinski definition) is 0. The highest BCUT2D eigenvalue weighted by atomic mass is 79.9. The maximum atomic E-state index is 11.8. The normalized spacial score (nSPS) is 10.4. The lowest BCUT2D eigenvalue weighted by Gasteiger charge is -2.21. The third-order valence-corrected chi connectivity index (χ3v) is 2.70. The zero-order valence-electron chi connectivity index (χ0n) is 8.49. The molecule has 0 aliphatic carbocycles. The van der Waals surface area contributed by atoms with Crippen molar-refractivity contribution in [2.45, 2.75) is 19.9 Å². The number of rotatable bonds is 2. The first kappa shape index (κ1) is 11.2. The van der Waals surface area contributed by atoms with E-state index in [2.05, 4.69) is 20.9 Å². The SMILES string of the molecule is CC(C)N(C)C(=O)c1ncccc1Br. The van der Waals surface area contributed by atoms with E-state index in [9.17, 15) is 4.79 Å². The van der Waals surface area contributed by atoms with Gasteiger partial charge in [-0.1, -0.05) is 0 Å². The summed E-state index contributed by atoms with van der Waals surface area (Å²) in [5.74, 6) is -0.0625. The predicted molar refractivity (Wildman–Crippen MR) is 59.2 cm³/mol. The van der Waals surface area contributed by atoms with Crippen molar-refractivity contribution >= 4 is 21.8 Å². The molecular formula is C10H13BrN2O. The van der Waals surface area contributed by atoms with Crippen molar-refractivity contribution < 1.29 is 4.79 Å². The van der Waals surface area contributed by atoms with E-state index in [-0.39, 0.29) is 11.9 Å². The molecule has 14 heavy (non-hydrogen) atoms. The van der Waals surface area contributed by atoms with Crippen LogP contribution in [0, 0.1) is 0 Å². The van der Waals surface area contributed by atoms with E-state index in [0.29, 0.717) is 5.69 Å². The number of pyridine rings is 1. The Morgan fingerprint density at radius 2 is 2.21 bits per heavy atom. The fourth-order valence-corrected chi connectivity index (χ4v) is 1.37. The van der Waals surface area contributed by atoms with Crippen LogP contribution < -0.4 is 0 Å². The first-order chi connectivity index (χ1) is 6.54. The molecule has 0 bridgehead atoms. The largest absolute Gasteiger partial charge is 0.338 e. The van der Waals surface area contributed by atoms with Gasteiger partial charge in [0.25, 0.3) is 5.91 Å². The highest BCUT2D eigenvalue weighted by molar-refractivity contribution is 9.10. The van der Waals surface area contributed by atoms with Crippen molar-refractivity contribution in [3.63, 3.8) is 0 Å². The van der Waals surface area contributed by atoms with Crippen LogP contribution in [0.5, 0.6) is 0 Å². The van der Waals surface area contributed by atoms with Crippen LogP contribution in [0.2, 0.25) is 0 Å². The number of aromatic nitrogens is 1. The second-order valence-corrected chi connectivity index (χ2v) is 4.20. The third kappa shape index (κ3) is 2.32. The van der Waals surface area contributed by atoms with Gasteiger partial charge in [-0.05, 0) is 41.9 Å². The van der Waals surface area contributed by atoms with Crippen molar-refractivity contribution in [3.05, 3.63) is 28.5 Å². The summed E-state index contributed by atoms with van der Waals surface area (Å²) < 4.78 is 0.734. The van der Waals surface area contributed by atoms with Gasteiger partial charge in [-0.3, -0.25) is 4.79 Å². The Morgan fingerprint density at radius 3 is 2.71 bits per heavy atom. The Morgan fingerprint density at radius 1 is 1.57 bits per heavy atom. The zero-order valence-corrected chi connectivity index (χ0v) is 10.1. The molecule has 0 fully saturated rings. The summed E-state index contributed by atoms with van der Waals surface area (Å²) in [6.45, 7) is 3.93. The van der Waals surface area contributed by atoms with E-state index in [1.165, 1.54) is 0 Å². The minimum atomic E-state index is -0.0625.